The summed E-state index contributed by atoms with van der Waals surface area (Å²) < 4.78 is 16.4. The second kappa shape index (κ2) is 9.21. The van der Waals surface area contributed by atoms with E-state index >= 15 is 0 Å². The Labute approximate surface area is 154 Å². The van der Waals surface area contributed by atoms with E-state index in [0.717, 1.165) is 31.9 Å². The fourth-order valence-corrected chi connectivity index (χ4v) is 3.92. The second-order valence-electron chi connectivity index (χ2n) is 6.96. The number of hydrogen-bond acceptors (Lipinski definition) is 6. The lowest BCUT2D eigenvalue weighted by Gasteiger charge is -2.33. The lowest BCUT2D eigenvalue weighted by atomic mass is 9.94. The number of carbonyl (C=O) groups excluding carboxylic acids is 1. The lowest BCUT2D eigenvalue weighted by Crippen LogP contribution is -2.50. The number of ether oxygens (including phenoxy) is 3. The highest BCUT2D eigenvalue weighted by atomic mass is 16.5. The molecule has 1 aromatic carbocycles. The second-order valence-corrected chi connectivity index (χ2v) is 6.96. The van der Waals surface area contributed by atoms with Crippen molar-refractivity contribution in [1.29, 1.82) is 0 Å². The van der Waals surface area contributed by atoms with Crippen molar-refractivity contribution in [1.82, 2.24) is 10.6 Å². The Morgan fingerprint density at radius 3 is 3.00 bits per heavy atom. The van der Waals surface area contributed by atoms with Gasteiger partial charge in [-0.1, -0.05) is 12.5 Å². The summed E-state index contributed by atoms with van der Waals surface area (Å²) in [5.41, 5.74) is 6.24. The largest absolute Gasteiger partial charge is 0.493 e. The van der Waals surface area contributed by atoms with Crippen LogP contribution in [0.2, 0.25) is 0 Å². The normalized spacial score (nSPS) is 25.8. The van der Waals surface area contributed by atoms with Gasteiger partial charge in [0.25, 0.3) is 5.91 Å². The van der Waals surface area contributed by atoms with E-state index in [1.165, 1.54) is 19.3 Å². The van der Waals surface area contributed by atoms with Crippen LogP contribution in [-0.2, 0) is 16.1 Å². The molecule has 1 saturated carbocycles. The topological polar surface area (TPSA) is 94.8 Å². The molecule has 3 unspecified atom stereocenters. The summed E-state index contributed by atoms with van der Waals surface area (Å²) >= 11 is 0. The highest BCUT2D eigenvalue weighted by molar-refractivity contribution is 5.75. The van der Waals surface area contributed by atoms with Crippen molar-refractivity contribution in [3.63, 3.8) is 0 Å². The molecule has 1 saturated heterocycles. The third-order valence-corrected chi connectivity index (χ3v) is 5.20. The first-order valence-electron chi connectivity index (χ1n) is 9.30. The standard InChI is InChI=1S/C19H29N3O4/c1-24-18-9-13(5-6-17(18)26-12-19(20)23)10-22-15-4-2-3-14(15)16-11-25-8-7-21-16/h5-6,9,14-16,21-22H,2-4,7-8,10-12H2,1H3,(H2,20,23). The van der Waals surface area contributed by atoms with Crippen LogP contribution >= 0.6 is 0 Å². The van der Waals surface area contributed by atoms with Crippen LogP contribution in [0.1, 0.15) is 24.8 Å². The molecule has 1 aliphatic carbocycles. The first-order valence-corrected chi connectivity index (χ1v) is 9.30. The smallest absolute Gasteiger partial charge is 0.255 e. The van der Waals surface area contributed by atoms with Gasteiger partial charge in [-0.25, -0.2) is 0 Å². The van der Waals surface area contributed by atoms with Crippen molar-refractivity contribution in [2.45, 2.75) is 37.9 Å². The van der Waals surface area contributed by atoms with Crippen LogP contribution in [0.15, 0.2) is 18.2 Å². The molecule has 1 aromatic rings. The van der Waals surface area contributed by atoms with Crippen molar-refractivity contribution in [2.75, 3.05) is 33.5 Å². The molecule has 0 aromatic heterocycles. The summed E-state index contributed by atoms with van der Waals surface area (Å²) in [5.74, 6) is 1.23. The van der Waals surface area contributed by atoms with Gasteiger partial charge < -0.3 is 30.6 Å². The van der Waals surface area contributed by atoms with Gasteiger partial charge in [-0.2, -0.15) is 0 Å². The maximum Gasteiger partial charge on any atom is 0.255 e. The quantitative estimate of drug-likeness (QED) is 0.633. The Kier molecular flexibility index (Phi) is 6.71. The number of benzene rings is 1. The minimum absolute atomic E-state index is 0.159. The molecule has 7 heteroatoms. The van der Waals surface area contributed by atoms with Crippen LogP contribution in [0.3, 0.4) is 0 Å². The number of rotatable bonds is 8. The third-order valence-electron chi connectivity index (χ3n) is 5.20. The zero-order valence-corrected chi connectivity index (χ0v) is 15.3. The molecular formula is C19H29N3O4. The van der Waals surface area contributed by atoms with Crippen LogP contribution in [0, 0.1) is 5.92 Å². The Bertz CT molecular complexity index is 604. The molecule has 2 aliphatic rings. The number of carbonyl (C=O) groups is 1. The molecule has 0 radical (unpaired) electrons. The molecule has 1 aliphatic heterocycles. The van der Waals surface area contributed by atoms with Gasteiger partial charge in [-0.3, -0.25) is 4.79 Å². The Morgan fingerprint density at radius 1 is 1.38 bits per heavy atom. The Balaban J connectivity index is 1.57. The molecule has 0 spiro atoms. The molecule has 144 valence electrons. The van der Waals surface area contributed by atoms with E-state index < -0.39 is 5.91 Å². The van der Waals surface area contributed by atoms with Crippen molar-refractivity contribution >= 4 is 5.91 Å². The van der Waals surface area contributed by atoms with E-state index in [-0.39, 0.29) is 6.61 Å². The van der Waals surface area contributed by atoms with Crippen LogP contribution in [-0.4, -0.2) is 51.5 Å². The zero-order chi connectivity index (χ0) is 18.4. The monoisotopic (exact) mass is 363 g/mol. The molecule has 3 rings (SSSR count). The minimum atomic E-state index is -0.509. The maximum atomic E-state index is 10.9. The third kappa shape index (κ3) is 4.87. The molecule has 7 nitrogen and oxygen atoms in total. The first-order chi connectivity index (χ1) is 12.7. The van der Waals surface area contributed by atoms with Gasteiger partial charge in [-0.05, 0) is 36.5 Å². The van der Waals surface area contributed by atoms with Crippen molar-refractivity contribution in [2.24, 2.45) is 11.7 Å². The van der Waals surface area contributed by atoms with E-state index in [9.17, 15) is 4.79 Å². The maximum absolute atomic E-state index is 10.9. The number of amides is 1. The van der Waals surface area contributed by atoms with Crippen molar-refractivity contribution in [3.05, 3.63) is 23.8 Å². The molecule has 4 N–H and O–H groups in total. The summed E-state index contributed by atoms with van der Waals surface area (Å²) in [5, 5.41) is 7.30. The summed E-state index contributed by atoms with van der Waals surface area (Å²) in [6, 6.07) is 6.68. The van der Waals surface area contributed by atoms with Gasteiger partial charge in [0.2, 0.25) is 0 Å². The number of nitrogens with two attached hydrogens (primary N) is 1. The van der Waals surface area contributed by atoms with Gasteiger partial charge in [-0.15, -0.1) is 0 Å². The fourth-order valence-electron chi connectivity index (χ4n) is 3.92. The minimum Gasteiger partial charge on any atom is -0.493 e. The summed E-state index contributed by atoms with van der Waals surface area (Å²) in [6.07, 6.45) is 3.69. The predicted octanol–water partition coefficient (Wildman–Crippen LogP) is 0.806. The van der Waals surface area contributed by atoms with Gasteiger partial charge in [0, 0.05) is 25.2 Å². The van der Waals surface area contributed by atoms with Crippen molar-refractivity contribution < 1.29 is 19.0 Å². The van der Waals surface area contributed by atoms with Crippen molar-refractivity contribution in [3.8, 4) is 11.5 Å². The summed E-state index contributed by atoms with van der Waals surface area (Å²) in [7, 11) is 1.59. The fraction of sp³-hybridized carbons (Fsp3) is 0.632. The van der Waals surface area contributed by atoms with Gasteiger partial charge in [0.05, 0.1) is 20.3 Å². The molecule has 3 atom stereocenters. The number of primary amides is 1. The van der Waals surface area contributed by atoms with E-state index in [1.54, 1.807) is 7.11 Å². The highest BCUT2D eigenvalue weighted by Gasteiger charge is 2.34. The Hall–Kier alpha value is -1.83. The van der Waals surface area contributed by atoms with Crippen LogP contribution in [0.4, 0.5) is 0 Å². The zero-order valence-electron chi connectivity index (χ0n) is 15.3. The molecule has 1 heterocycles. The van der Waals surface area contributed by atoms with E-state index in [2.05, 4.69) is 10.6 Å². The number of nitrogens with one attached hydrogen (secondary N) is 2. The average Bonchev–Trinajstić information content (AvgIpc) is 3.14. The van der Waals surface area contributed by atoms with E-state index in [1.807, 2.05) is 18.2 Å². The van der Waals surface area contributed by atoms with Crippen LogP contribution in [0.25, 0.3) is 0 Å². The van der Waals surface area contributed by atoms with Gasteiger partial charge in [0.1, 0.15) is 0 Å². The number of methoxy groups -OCH3 is 1. The van der Waals surface area contributed by atoms with Gasteiger partial charge >= 0.3 is 0 Å². The molecule has 26 heavy (non-hydrogen) atoms. The summed E-state index contributed by atoms with van der Waals surface area (Å²) in [4.78, 5) is 10.9. The number of morpholine rings is 1. The molecule has 2 fully saturated rings. The Morgan fingerprint density at radius 2 is 2.27 bits per heavy atom. The average molecular weight is 363 g/mol. The van der Waals surface area contributed by atoms with E-state index in [4.69, 9.17) is 19.9 Å². The molecule has 0 bridgehead atoms. The number of hydrogen-bond donors (Lipinski definition) is 3. The molecular weight excluding hydrogens is 334 g/mol. The first kappa shape index (κ1) is 18.9. The predicted molar refractivity (Wildman–Crippen MR) is 98.3 cm³/mol. The summed E-state index contributed by atoms with van der Waals surface area (Å²) in [6.45, 7) is 3.17. The lowest BCUT2D eigenvalue weighted by molar-refractivity contribution is -0.119. The van der Waals surface area contributed by atoms with Gasteiger partial charge in [0.15, 0.2) is 18.1 Å². The SMILES string of the molecule is COc1cc(CNC2CCCC2C2COCCN2)ccc1OCC(N)=O. The van der Waals surface area contributed by atoms with Crippen LogP contribution in [0.5, 0.6) is 11.5 Å². The highest BCUT2D eigenvalue weighted by Crippen LogP contribution is 2.31. The van der Waals surface area contributed by atoms with E-state index in [0.29, 0.717) is 29.5 Å². The van der Waals surface area contributed by atoms with Crippen LogP contribution < -0.4 is 25.8 Å². The molecule has 1 amide bonds.